The number of amides is 1. The molecule has 3 N–H and O–H groups in total. The Morgan fingerprint density at radius 3 is 2.61 bits per heavy atom. The quantitative estimate of drug-likeness (QED) is 0.518. The molecule has 0 bridgehead atoms. The van der Waals surface area contributed by atoms with E-state index in [0.717, 1.165) is 30.7 Å². The molecular formula is C23H23ClN4O6S2. The van der Waals surface area contributed by atoms with Gasteiger partial charge in [0, 0.05) is 29.2 Å². The fraction of sp³-hybridized carbons (Fsp3) is 0.304. The van der Waals surface area contributed by atoms with Crippen LogP contribution in [0.5, 0.6) is 0 Å². The van der Waals surface area contributed by atoms with Crippen molar-refractivity contribution in [3.63, 3.8) is 0 Å². The van der Waals surface area contributed by atoms with Crippen molar-refractivity contribution in [3.8, 4) is 0 Å². The number of hydrogen-bond acceptors (Lipinski definition) is 7. The van der Waals surface area contributed by atoms with Crippen LogP contribution in [0.3, 0.4) is 0 Å². The molecule has 1 fully saturated rings. The lowest BCUT2D eigenvalue weighted by atomic mass is 9.89. The minimum absolute atomic E-state index is 0.0546. The number of carbonyl (C=O) groups is 1. The monoisotopic (exact) mass is 550 g/mol. The number of amidine groups is 1. The number of fused-ring (bicyclic) bond motifs is 2. The highest BCUT2D eigenvalue weighted by molar-refractivity contribution is 7.92. The molecule has 0 radical (unpaired) electrons. The first-order valence-corrected chi connectivity index (χ1v) is 14.9. The molecular weight excluding hydrogens is 528 g/mol. The van der Waals surface area contributed by atoms with Crippen LogP contribution in [0.1, 0.15) is 24.8 Å². The summed E-state index contributed by atoms with van der Waals surface area (Å²) in [6.07, 6.45) is 3.14. The molecule has 5 rings (SSSR count). The highest BCUT2D eigenvalue weighted by atomic mass is 35.5. The number of hydrogen-bond donors (Lipinski definition) is 3. The first kappa shape index (κ1) is 24.6. The SMILES string of the molecule is CS(=O)(=O)Nc1ccc2c(c1)S(=O)(=O)N=C(C1=C(O)[C@@H]3CCC[C@@H]3N(Cc3ccc(Cl)cc3)C1=O)N2. The first-order chi connectivity index (χ1) is 16.9. The minimum atomic E-state index is -4.31. The zero-order valence-electron chi connectivity index (χ0n) is 19.1. The van der Waals surface area contributed by atoms with Crippen LogP contribution in [-0.2, 0) is 31.4 Å². The summed E-state index contributed by atoms with van der Waals surface area (Å²) in [4.78, 5) is 15.1. The predicted octanol–water partition coefficient (Wildman–Crippen LogP) is 3.25. The molecule has 0 saturated heterocycles. The van der Waals surface area contributed by atoms with Gasteiger partial charge in [0.25, 0.3) is 15.9 Å². The number of aliphatic hydroxyl groups excluding tert-OH is 1. The molecule has 2 heterocycles. The van der Waals surface area contributed by atoms with Gasteiger partial charge in [0.1, 0.15) is 16.2 Å². The Morgan fingerprint density at radius 2 is 1.92 bits per heavy atom. The molecule has 0 aromatic heterocycles. The summed E-state index contributed by atoms with van der Waals surface area (Å²) in [5.74, 6) is -1.29. The zero-order valence-corrected chi connectivity index (χ0v) is 21.5. The van der Waals surface area contributed by atoms with E-state index in [-0.39, 0.29) is 51.9 Å². The van der Waals surface area contributed by atoms with E-state index in [9.17, 15) is 26.7 Å². The molecule has 0 spiro atoms. The van der Waals surface area contributed by atoms with Gasteiger partial charge >= 0.3 is 0 Å². The lowest BCUT2D eigenvalue weighted by molar-refractivity contribution is -0.132. The van der Waals surface area contributed by atoms with Gasteiger partial charge in [0.05, 0.1) is 11.9 Å². The molecule has 2 atom stereocenters. The third kappa shape index (κ3) is 4.56. The van der Waals surface area contributed by atoms with E-state index in [4.69, 9.17) is 11.6 Å². The van der Waals surface area contributed by atoms with Crippen molar-refractivity contribution >= 4 is 54.8 Å². The average molecular weight is 551 g/mol. The molecule has 2 aromatic carbocycles. The third-order valence-corrected chi connectivity index (χ3v) is 8.67. The number of nitrogens with zero attached hydrogens (tertiary/aromatic N) is 2. The lowest BCUT2D eigenvalue weighted by Crippen LogP contribution is -2.49. The van der Waals surface area contributed by atoms with Gasteiger partial charge in [0.15, 0.2) is 5.84 Å². The van der Waals surface area contributed by atoms with Crippen molar-refractivity contribution in [2.24, 2.45) is 10.3 Å². The van der Waals surface area contributed by atoms with Crippen molar-refractivity contribution in [2.75, 3.05) is 16.3 Å². The second-order valence-electron chi connectivity index (χ2n) is 9.05. The van der Waals surface area contributed by atoms with Gasteiger partial charge in [0.2, 0.25) is 10.0 Å². The van der Waals surface area contributed by atoms with Crippen molar-refractivity contribution in [2.45, 2.75) is 36.7 Å². The van der Waals surface area contributed by atoms with Gasteiger partial charge in [-0.15, -0.1) is 4.40 Å². The predicted molar refractivity (Wildman–Crippen MR) is 136 cm³/mol. The maximum Gasteiger partial charge on any atom is 0.286 e. The molecule has 36 heavy (non-hydrogen) atoms. The third-order valence-electron chi connectivity index (χ3n) is 6.49. The number of anilines is 2. The van der Waals surface area contributed by atoms with Gasteiger partial charge in [-0.25, -0.2) is 8.42 Å². The highest BCUT2D eigenvalue weighted by Gasteiger charge is 2.46. The highest BCUT2D eigenvalue weighted by Crippen LogP contribution is 2.42. The molecule has 13 heteroatoms. The largest absolute Gasteiger partial charge is 0.511 e. The lowest BCUT2D eigenvalue weighted by Gasteiger charge is -2.39. The summed E-state index contributed by atoms with van der Waals surface area (Å²) in [5, 5.41) is 14.5. The zero-order chi connectivity index (χ0) is 25.8. The molecule has 1 amide bonds. The number of sulfonamides is 2. The van der Waals surface area contributed by atoms with Gasteiger partial charge in [-0.2, -0.15) is 8.42 Å². The molecule has 2 aromatic rings. The van der Waals surface area contributed by atoms with E-state index in [2.05, 4.69) is 14.4 Å². The Hall–Kier alpha value is -3.09. The van der Waals surface area contributed by atoms with Crippen LogP contribution in [0.4, 0.5) is 11.4 Å². The molecule has 190 valence electrons. The molecule has 1 saturated carbocycles. The maximum atomic E-state index is 13.7. The minimum Gasteiger partial charge on any atom is -0.511 e. The average Bonchev–Trinajstić information content (AvgIpc) is 3.27. The van der Waals surface area contributed by atoms with Gasteiger partial charge in [-0.05, 0) is 48.7 Å². The van der Waals surface area contributed by atoms with Crippen LogP contribution in [0.25, 0.3) is 0 Å². The fourth-order valence-corrected chi connectivity index (χ4v) is 6.79. The van der Waals surface area contributed by atoms with Crippen LogP contribution in [0.2, 0.25) is 5.02 Å². The number of halogens is 1. The first-order valence-electron chi connectivity index (χ1n) is 11.2. The Bertz CT molecular complexity index is 1530. The van der Waals surface area contributed by atoms with Gasteiger partial charge in [-0.3, -0.25) is 9.52 Å². The summed E-state index contributed by atoms with van der Waals surface area (Å²) in [6.45, 7) is 0.269. The van der Waals surface area contributed by atoms with Crippen LogP contribution < -0.4 is 10.0 Å². The van der Waals surface area contributed by atoms with Crippen LogP contribution in [0, 0.1) is 5.92 Å². The van der Waals surface area contributed by atoms with Gasteiger partial charge < -0.3 is 15.3 Å². The standard InChI is InChI=1S/C23H23ClN4O6S2/c1-35(31,32)26-15-9-10-17-19(11-15)36(33,34)27-22(25-17)20-21(29)16-3-2-4-18(16)28(23(20)30)12-13-5-7-14(24)8-6-13/h5-11,16,18,26,29H,2-4,12H2,1H3,(H,25,27)/t16-,18+/m1/s1. The van der Waals surface area contributed by atoms with E-state index in [1.807, 2.05) is 12.1 Å². The molecule has 1 aliphatic carbocycles. The van der Waals surface area contributed by atoms with E-state index in [0.29, 0.717) is 11.4 Å². The number of carbonyl (C=O) groups excluding carboxylic acids is 1. The molecule has 0 unspecified atom stereocenters. The molecule has 2 aliphatic heterocycles. The van der Waals surface area contributed by atoms with Crippen molar-refractivity contribution in [1.29, 1.82) is 0 Å². The van der Waals surface area contributed by atoms with E-state index in [1.54, 1.807) is 17.0 Å². The Labute approximate surface area is 213 Å². The van der Waals surface area contributed by atoms with Crippen molar-refractivity contribution in [1.82, 2.24) is 4.90 Å². The summed E-state index contributed by atoms with van der Waals surface area (Å²) in [6, 6.07) is 10.8. The van der Waals surface area contributed by atoms with E-state index >= 15 is 0 Å². The second kappa shape index (κ2) is 8.79. The Kier molecular flexibility index (Phi) is 6.00. The maximum absolute atomic E-state index is 13.7. The summed E-state index contributed by atoms with van der Waals surface area (Å²) in [7, 11) is -7.93. The number of aliphatic hydroxyl groups is 1. The Morgan fingerprint density at radius 1 is 1.19 bits per heavy atom. The van der Waals surface area contributed by atoms with Crippen molar-refractivity contribution < 1.29 is 26.7 Å². The van der Waals surface area contributed by atoms with Crippen molar-refractivity contribution in [3.05, 3.63) is 64.4 Å². The summed E-state index contributed by atoms with van der Waals surface area (Å²) >= 11 is 5.99. The van der Waals surface area contributed by atoms with Crippen LogP contribution >= 0.6 is 11.6 Å². The van der Waals surface area contributed by atoms with Crippen LogP contribution in [-0.4, -0.2) is 50.9 Å². The number of nitrogens with one attached hydrogen (secondary N) is 2. The fourth-order valence-electron chi connectivity index (χ4n) is 4.96. The molecule has 10 nitrogen and oxygen atoms in total. The summed E-state index contributed by atoms with van der Waals surface area (Å²) < 4.78 is 55.2. The number of rotatable bonds is 5. The van der Waals surface area contributed by atoms with E-state index in [1.165, 1.54) is 12.1 Å². The Balaban J connectivity index is 1.53. The number of benzene rings is 2. The normalized spacial score (nSPS) is 23.0. The van der Waals surface area contributed by atoms with Crippen LogP contribution in [0.15, 0.2) is 63.1 Å². The molecule has 3 aliphatic rings. The topological polar surface area (TPSA) is 145 Å². The van der Waals surface area contributed by atoms with Gasteiger partial charge in [-0.1, -0.05) is 30.2 Å². The second-order valence-corrected chi connectivity index (χ2v) is 12.8. The summed E-state index contributed by atoms with van der Waals surface area (Å²) in [5.41, 5.74) is 0.838. The smallest absolute Gasteiger partial charge is 0.286 e. The van der Waals surface area contributed by atoms with E-state index < -0.39 is 26.0 Å².